The van der Waals surface area contributed by atoms with E-state index in [9.17, 15) is 4.79 Å². The molecule has 1 aliphatic heterocycles. The number of rotatable bonds is 3. The molecule has 2 N–H and O–H groups in total. The standard InChI is InChI=1S/C18H20N2O/c1-2-13-7-9-16(10-8-13)20-18(21)17-11-14-5-3-4-6-15(14)12-19-17/h3-10,17,19H,2,11-12H2,1H3,(H,20,21)/t17-/m1/s1. The second-order valence-corrected chi connectivity index (χ2v) is 5.45. The summed E-state index contributed by atoms with van der Waals surface area (Å²) in [6, 6.07) is 16.2. The van der Waals surface area contributed by atoms with Crippen LogP contribution in [0.15, 0.2) is 48.5 Å². The molecule has 0 spiro atoms. The minimum atomic E-state index is -0.161. The minimum absolute atomic E-state index is 0.0359. The Bertz CT molecular complexity index is 634. The van der Waals surface area contributed by atoms with E-state index in [1.165, 1.54) is 16.7 Å². The number of carbonyl (C=O) groups excluding carboxylic acids is 1. The summed E-state index contributed by atoms with van der Waals surface area (Å²) in [7, 11) is 0. The van der Waals surface area contributed by atoms with E-state index in [0.29, 0.717) is 0 Å². The Morgan fingerprint density at radius 1 is 1.14 bits per heavy atom. The summed E-state index contributed by atoms with van der Waals surface area (Å²) in [4.78, 5) is 12.4. The monoisotopic (exact) mass is 280 g/mol. The number of nitrogens with one attached hydrogen (secondary N) is 2. The van der Waals surface area contributed by atoms with Gasteiger partial charge in [-0.2, -0.15) is 0 Å². The minimum Gasteiger partial charge on any atom is -0.325 e. The highest BCUT2D eigenvalue weighted by molar-refractivity contribution is 5.95. The Morgan fingerprint density at radius 2 is 1.86 bits per heavy atom. The van der Waals surface area contributed by atoms with Crippen molar-refractivity contribution in [3.05, 3.63) is 65.2 Å². The third-order valence-corrected chi connectivity index (χ3v) is 4.03. The fourth-order valence-corrected chi connectivity index (χ4v) is 2.69. The van der Waals surface area contributed by atoms with Crippen molar-refractivity contribution in [3.63, 3.8) is 0 Å². The number of aryl methyl sites for hydroxylation is 1. The maximum Gasteiger partial charge on any atom is 0.241 e. The lowest BCUT2D eigenvalue weighted by molar-refractivity contribution is -0.118. The van der Waals surface area contributed by atoms with Crippen LogP contribution in [-0.2, 0) is 24.2 Å². The summed E-state index contributed by atoms with van der Waals surface area (Å²) in [6.45, 7) is 2.88. The summed E-state index contributed by atoms with van der Waals surface area (Å²) in [5, 5.41) is 6.30. The average Bonchev–Trinajstić information content (AvgIpc) is 2.55. The van der Waals surface area contributed by atoms with Gasteiger partial charge in [-0.05, 0) is 41.7 Å². The van der Waals surface area contributed by atoms with Gasteiger partial charge in [0.05, 0.1) is 6.04 Å². The number of hydrogen-bond acceptors (Lipinski definition) is 2. The molecule has 1 atom stereocenters. The first kappa shape index (κ1) is 13.8. The second kappa shape index (κ2) is 6.10. The van der Waals surface area contributed by atoms with E-state index in [0.717, 1.165) is 25.1 Å². The molecule has 21 heavy (non-hydrogen) atoms. The first-order valence-electron chi connectivity index (χ1n) is 7.46. The van der Waals surface area contributed by atoms with Crippen molar-refractivity contribution in [2.45, 2.75) is 32.4 Å². The van der Waals surface area contributed by atoms with Crippen LogP contribution >= 0.6 is 0 Å². The lowest BCUT2D eigenvalue weighted by atomic mass is 9.95. The molecule has 3 heteroatoms. The zero-order valence-electron chi connectivity index (χ0n) is 12.2. The Hall–Kier alpha value is -2.13. The lowest BCUT2D eigenvalue weighted by Gasteiger charge is -2.25. The quantitative estimate of drug-likeness (QED) is 0.907. The first-order chi connectivity index (χ1) is 10.3. The molecule has 0 unspecified atom stereocenters. The molecule has 108 valence electrons. The van der Waals surface area contributed by atoms with Crippen LogP contribution in [0, 0.1) is 0 Å². The van der Waals surface area contributed by atoms with Crippen molar-refractivity contribution in [3.8, 4) is 0 Å². The second-order valence-electron chi connectivity index (χ2n) is 5.45. The van der Waals surface area contributed by atoms with Crippen LogP contribution in [0.2, 0.25) is 0 Å². The average molecular weight is 280 g/mol. The van der Waals surface area contributed by atoms with Crippen molar-refractivity contribution >= 4 is 11.6 Å². The highest BCUT2D eigenvalue weighted by Gasteiger charge is 2.23. The molecular formula is C18H20N2O. The van der Waals surface area contributed by atoms with Gasteiger partial charge >= 0.3 is 0 Å². The van der Waals surface area contributed by atoms with E-state index in [2.05, 4.69) is 41.8 Å². The molecule has 2 aromatic carbocycles. The van der Waals surface area contributed by atoms with Crippen molar-refractivity contribution < 1.29 is 4.79 Å². The van der Waals surface area contributed by atoms with E-state index < -0.39 is 0 Å². The van der Waals surface area contributed by atoms with Gasteiger partial charge in [0.1, 0.15) is 0 Å². The maximum absolute atomic E-state index is 12.4. The number of carbonyl (C=O) groups is 1. The van der Waals surface area contributed by atoms with Crippen LogP contribution < -0.4 is 10.6 Å². The summed E-state index contributed by atoms with van der Waals surface area (Å²) in [6.07, 6.45) is 1.75. The molecule has 0 fully saturated rings. The van der Waals surface area contributed by atoms with E-state index in [1.807, 2.05) is 24.3 Å². The first-order valence-corrected chi connectivity index (χ1v) is 7.46. The van der Waals surface area contributed by atoms with Crippen LogP contribution in [0.3, 0.4) is 0 Å². The molecule has 0 aromatic heterocycles. The molecule has 1 amide bonds. The highest BCUT2D eigenvalue weighted by atomic mass is 16.2. The van der Waals surface area contributed by atoms with Gasteiger partial charge in [0.2, 0.25) is 5.91 Å². The van der Waals surface area contributed by atoms with E-state index in [4.69, 9.17) is 0 Å². The number of amides is 1. The summed E-state index contributed by atoms with van der Waals surface area (Å²) in [5.74, 6) is 0.0359. The van der Waals surface area contributed by atoms with Gasteiger partial charge in [0, 0.05) is 12.2 Å². The molecule has 3 rings (SSSR count). The zero-order valence-corrected chi connectivity index (χ0v) is 12.2. The van der Waals surface area contributed by atoms with Crippen molar-refractivity contribution in [2.24, 2.45) is 0 Å². The Labute approximate surface area is 125 Å². The van der Waals surface area contributed by atoms with Crippen LogP contribution in [0.5, 0.6) is 0 Å². The molecule has 0 saturated heterocycles. The number of anilines is 1. The molecule has 3 nitrogen and oxygen atoms in total. The van der Waals surface area contributed by atoms with E-state index in [1.54, 1.807) is 0 Å². The SMILES string of the molecule is CCc1ccc(NC(=O)[C@H]2Cc3ccccc3CN2)cc1. The molecular weight excluding hydrogens is 260 g/mol. The van der Waals surface area contributed by atoms with Gasteiger partial charge in [-0.25, -0.2) is 0 Å². The number of fused-ring (bicyclic) bond motifs is 1. The molecule has 0 radical (unpaired) electrons. The molecule has 0 aliphatic carbocycles. The van der Waals surface area contributed by atoms with Gasteiger partial charge in [0.25, 0.3) is 0 Å². The summed E-state index contributed by atoms with van der Waals surface area (Å²) in [5.41, 5.74) is 4.68. The molecule has 0 bridgehead atoms. The van der Waals surface area contributed by atoms with Crippen molar-refractivity contribution in [1.29, 1.82) is 0 Å². The molecule has 1 aliphatic rings. The Kier molecular flexibility index (Phi) is 4.02. The van der Waals surface area contributed by atoms with Crippen molar-refractivity contribution in [1.82, 2.24) is 5.32 Å². The largest absolute Gasteiger partial charge is 0.325 e. The fourth-order valence-electron chi connectivity index (χ4n) is 2.69. The Balaban J connectivity index is 1.66. The summed E-state index contributed by atoms with van der Waals surface area (Å²) < 4.78 is 0. The predicted octanol–water partition coefficient (Wildman–Crippen LogP) is 2.90. The smallest absolute Gasteiger partial charge is 0.241 e. The summed E-state index contributed by atoms with van der Waals surface area (Å²) >= 11 is 0. The zero-order chi connectivity index (χ0) is 14.7. The third kappa shape index (κ3) is 3.14. The van der Waals surface area contributed by atoms with Crippen LogP contribution in [0.25, 0.3) is 0 Å². The van der Waals surface area contributed by atoms with Gasteiger partial charge in [-0.1, -0.05) is 43.3 Å². The van der Waals surface area contributed by atoms with Crippen LogP contribution in [0.1, 0.15) is 23.6 Å². The number of benzene rings is 2. The van der Waals surface area contributed by atoms with Gasteiger partial charge in [-0.15, -0.1) is 0 Å². The maximum atomic E-state index is 12.4. The third-order valence-electron chi connectivity index (χ3n) is 4.03. The number of hydrogen-bond donors (Lipinski definition) is 2. The van der Waals surface area contributed by atoms with Gasteiger partial charge in [0.15, 0.2) is 0 Å². The molecule has 1 heterocycles. The van der Waals surface area contributed by atoms with E-state index >= 15 is 0 Å². The highest BCUT2D eigenvalue weighted by Crippen LogP contribution is 2.17. The van der Waals surface area contributed by atoms with Crippen LogP contribution in [-0.4, -0.2) is 11.9 Å². The Morgan fingerprint density at radius 3 is 2.57 bits per heavy atom. The predicted molar refractivity (Wildman–Crippen MR) is 85.2 cm³/mol. The van der Waals surface area contributed by atoms with Crippen LogP contribution in [0.4, 0.5) is 5.69 Å². The topological polar surface area (TPSA) is 41.1 Å². The van der Waals surface area contributed by atoms with E-state index in [-0.39, 0.29) is 11.9 Å². The normalized spacial score (nSPS) is 17.1. The van der Waals surface area contributed by atoms with Gasteiger partial charge in [-0.3, -0.25) is 4.79 Å². The van der Waals surface area contributed by atoms with Crippen molar-refractivity contribution in [2.75, 3.05) is 5.32 Å². The van der Waals surface area contributed by atoms with Gasteiger partial charge < -0.3 is 10.6 Å². The molecule has 2 aromatic rings. The lowest BCUT2D eigenvalue weighted by Crippen LogP contribution is -2.44. The molecule has 0 saturated carbocycles. The fraction of sp³-hybridized carbons (Fsp3) is 0.278.